The Morgan fingerprint density at radius 3 is 2.84 bits per heavy atom. The molecule has 0 amide bonds. The SMILES string of the molecule is CSC1CCCC(NC(C)c2cc(O)ccc2O)C1. The summed E-state index contributed by atoms with van der Waals surface area (Å²) >= 11 is 1.95. The van der Waals surface area contributed by atoms with Crippen LogP contribution in [0, 0.1) is 0 Å². The predicted octanol–water partition coefficient (Wildman–Crippen LogP) is 3.42. The van der Waals surface area contributed by atoms with Crippen LogP contribution < -0.4 is 5.32 Å². The molecule has 0 saturated heterocycles. The fourth-order valence-corrected chi connectivity index (χ4v) is 3.67. The van der Waals surface area contributed by atoms with Gasteiger partial charge in [-0.3, -0.25) is 0 Å². The van der Waals surface area contributed by atoms with Crippen molar-refractivity contribution in [2.45, 2.75) is 49.9 Å². The zero-order valence-corrected chi connectivity index (χ0v) is 12.4. The van der Waals surface area contributed by atoms with E-state index < -0.39 is 0 Å². The molecule has 19 heavy (non-hydrogen) atoms. The van der Waals surface area contributed by atoms with E-state index in [0.717, 1.165) is 10.8 Å². The molecular weight excluding hydrogens is 258 g/mol. The molecule has 3 nitrogen and oxygen atoms in total. The van der Waals surface area contributed by atoms with E-state index in [2.05, 4.69) is 11.6 Å². The van der Waals surface area contributed by atoms with Crippen LogP contribution in [0.5, 0.6) is 11.5 Å². The lowest BCUT2D eigenvalue weighted by atomic mass is 9.93. The summed E-state index contributed by atoms with van der Waals surface area (Å²) in [5, 5.41) is 23.7. The quantitative estimate of drug-likeness (QED) is 0.740. The Balaban J connectivity index is 2.00. The van der Waals surface area contributed by atoms with Crippen LogP contribution in [0.2, 0.25) is 0 Å². The first-order valence-electron chi connectivity index (χ1n) is 6.91. The molecule has 3 atom stereocenters. The van der Waals surface area contributed by atoms with Crippen molar-refractivity contribution in [3.8, 4) is 11.5 Å². The van der Waals surface area contributed by atoms with Crippen molar-refractivity contribution in [1.82, 2.24) is 5.32 Å². The first-order chi connectivity index (χ1) is 9.10. The third-order valence-corrected chi connectivity index (χ3v) is 5.02. The molecular formula is C15H23NO2S. The van der Waals surface area contributed by atoms with Gasteiger partial charge in [0.05, 0.1) is 0 Å². The molecule has 0 spiro atoms. The maximum absolute atomic E-state index is 9.88. The van der Waals surface area contributed by atoms with Crippen LogP contribution >= 0.6 is 11.8 Å². The average Bonchev–Trinajstić information content (AvgIpc) is 2.41. The van der Waals surface area contributed by atoms with E-state index >= 15 is 0 Å². The minimum absolute atomic E-state index is 0.0534. The van der Waals surface area contributed by atoms with Crippen LogP contribution in [-0.4, -0.2) is 27.8 Å². The Morgan fingerprint density at radius 2 is 2.11 bits per heavy atom. The summed E-state index contributed by atoms with van der Waals surface area (Å²) in [6, 6.07) is 5.26. The van der Waals surface area contributed by atoms with E-state index in [0.29, 0.717) is 6.04 Å². The maximum Gasteiger partial charge on any atom is 0.120 e. The number of thioether (sulfide) groups is 1. The van der Waals surface area contributed by atoms with Gasteiger partial charge in [-0.2, -0.15) is 11.8 Å². The lowest BCUT2D eigenvalue weighted by molar-refractivity contribution is 0.347. The second kappa shape index (κ2) is 6.53. The van der Waals surface area contributed by atoms with Gasteiger partial charge < -0.3 is 15.5 Å². The van der Waals surface area contributed by atoms with Crippen LogP contribution in [0.4, 0.5) is 0 Å². The third-order valence-electron chi connectivity index (χ3n) is 3.92. The summed E-state index contributed by atoms with van der Waals surface area (Å²) in [7, 11) is 0. The number of benzene rings is 1. The summed E-state index contributed by atoms with van der Waals surface area (Å²) < 4.78 is 0. The van der Waals surface area contributed by atoms with E-state index in [1.807, 2.05) is 18.7 Å². The van der Waals surface area contributed by atoms with E-state index in [9.17, 15) is 10.2 Å². The minimum atomic E-state index is 0.0534. The highest BCUT2D eigenvalue weighted by atomic mass is 32.2. The second-order valence-corrected chi connectivity index (χ2v) is 6.49. The van der Waals surface area contributed by atoms with E-state index in [4.69, 9.17) is 0 Å². The van der Waals surface area contributed by atoms with Crippen molar-refractivity contribution in [2.24, 2.45) is 0 Å². The zero-order chi connectivity index (χ0) is 13.8. The molecule has 1 aromatic rings. The Bertz CT molecular complexity index is 425. The van der Waals surface area contributed by atoms with Crippen LogP contribution in [0.1, 0.15) is 44.2 Å². The maximum atomic E-state index is 9.88. The molecule has 0 heterocycles. The van der Waals surface area contributed by atoms with Crippen LogP contribution in [0.3, 0.4) is 0 Å². The molecule has 0 aliphatic heterocycles. The molecule has 2 rings (SSSR count). The van der Waals surface area contributed by atoms with Gasteiger partial charge in [0.25, 0.3) is 0 Å². The highest BCUT2D eigenvalue weighted by Crippen LogP contribution is 2.31. The van der Waals surface area contributed by atoms with Gasteiger partial charge >= 0.3 is 0 Å². The molecule has 4 heteroatoms. The van der Waals surface area contributed by atoms with E-state index in [1.54, 1.807) is 12.1 Å². The normalized spacial score (nSPS) is 25.2. The summed E-state index contributed by atoms with van der Waals surface area (Å²) in [6.45, 7) is 2.04. The van der Waals surface area contributed by atoms with Gasteiger partial charge in [0.15, 0.2) is 0 Å². The number of aromatic hydroxyl groups is 2. The van der Waals surface area contributed by atoms with E-state index in [1.165, 1.54) is 31.7 Å². The number of phenolic OH excluding ortho intramolecular Hbond substituents is 2. The Kier molecular flexibility index (Phi) is 4.99. The molecule has 1 aliphatic carbocycles. The second-order valence-electron chi connectivity index (χ2n) is 5.35. The number of phenols is 2. The van der Waals surface area contributed by atoms with E-state index in [-0.39, 0.29) is 17.5 Å². The fourth-order valence-electron chi connectivity index (χ4n) is 2.84. The monoisotopic (exact) mass is 281 g/mol. The molecule has 1 aromatic carbocycles. The van der Waals surface area contributed by atoms with Gasteiger partial charge in [-0.05, 0) is 50.6 Å². The summed E-state index contributed by atoms with van der Waals surface area (Å²) in [6.07, 6.45) is 7.14. The Morgan fingerprint density at radius 1 is 1.32 bits per heavy atom. The molecule has 3 unspecified atom stereocenters. The largest absolute Gasteiger partial charge is 0.508 e. The summed E-state index contributed by atoms with van der Waals surface area (Å²) in [5.74, 6) is 0.446. The molecule has 1 fully saturated rings. The summed E-state index contributed by atoms with van der Waals surface area (Å²) in [5.41, 5.74) is 0.770. The van der Waals surface area contributed by atoms with Crippen molar-refractivity contribution in [3.63, 3.8) is 0 Å². The van der Waals surface area contributed by atoms with Crippen molar-refractivity contribution >= 4 is 11.8 Å². The Labute approximate surface area is 119 Å². The van der Waals surface area contributed by atoms with Crippen molar-refractivity contribution in [1.29, 1.82) is 0 Å². The van der Waals surface area contributed by atoms with Crippen LogP contribution in [0.25, 0.3) is 0 Å². The van der Waals surface area contributed by atoms with Crippen molar-refractivity contribution in [2.75, 3.05) is 6.26 Å². The zero-order valence-electron chi connectivity index (χ0n) is 11.6. The molecule has 0 radical (unpaired) electrons. The topological polar surface area (TPSA) is 52.5 Å². The van der Waals surface area contributed by atoms with Gasteiger partial charge in [0.1, 0.15) is 11.5 Å². The Hall–Kier alpha value is -0.870. The predicted molar refractivity (Wildman–Crippen MR) is 80.9 cm³/mol. The molecule has 1 saturated carbocycles. The lowest BCUT2D eigenvalue weighted by Crippen LogP contribution is -2.36. The molecule has 0 bridgehead atoms. The summed E-state index contributed by atoms with van der Waals surface area (Å²) in [4.78, 5) is 0. The fraction of sp³-hybridized carbons (Fsp3) is 0.600. The number of hydrogen-bond donors (Lipinski definition) is 3. The minimum Gasteiger partial charge on any atom is -0.508 e. The van der Waals surface area contributed by atoms with Gasteiger partial charge in [0.2, 0.25) is 0 Å². The lowest BCUT2D eigenvalue weighted by Gasteiger charge is -2.31. The first kappa shape index (κ1) is 14.5. The van der Waals surface area contributed by atoms with Gasteiger partial charge in [0, 0.05) is 22.9 Å². The van der Waals surface area contributed by atoms with Gasteiger partial charge in [-0.25, -0.2) is 0 Å². The highest BCUT2D eigenvalue weighted by molar-refractivity contribution is 7.99. The molecule has 3 N–H and O–H groups in total. The third kappa shape index (κ3) is 3.80. The van der Waals surface area contributed by atoms with Gasteiger partial charge in [-0.1, -0.05) is 6.42 Å². The number of nitrogens with one attached hydrogen (secondary N) is 1. The molecule has 106 valence electrons. The highest BCUT2D eigenvalue weighted by Gasteiger charge is 2.23. The standard InChI is InChI=1S/C15H23NO2S/c1-10(14-9-12(17)6-7-15(14)18)16-11-4-3-5-13(8-11)19-2/h6-7,9-11,13,16-18H,3-5,8H2,1-2H3. The van der Waals surface area contributed by atoms with Crippen LogP contribution in [0.15, 0.2) is 18.2 Å². The van der Waals surface area contributed by atoms with Crippen molar-refractivity contribution < 1.29 is 10.2 Å². The number of hydrogen-bond acceptors (Lipinski definition) is 4. The first-order valence-corrected chi connectivity index (χ1v) is 8.19. The van der Waals surface area contributed by atoms with Crippen molar-refractivity contribution in [3.05, 3.63) is 23.8 Å². The molecule has 1 aliphatic rings. The number of rotatable bonds is 4. The average molecular weight is 281 g/mol. The van der Waals surface area contributed by atoms with Gasteiger partial charge in [-0.15, -0.1) is 0 Å². The molecule has 0 aromatic heterocycles. The smallest absolute Gasteiger partial charge is 0.120 e. The van der Waals surface area contributed by atoms with Crippen LogP contribution in [-0.2, 0) is 0 Å².